The lowest BCUT2D eigenvalue weighted by atomic mass is 10.2. The third kappa shape index (κ3) is 3.23. The number of benzene rings is 1. The summed E-state index contributed by atoms with van der Waals surface area (Å²) in [6.07, 6.45) is 0. The fourth-order valence-corrected chi connectivity index (χ4v) is 1.20. The molecular weight excluding hydrogens is 226 g/mol. The highest BCUT2D eigenvalue weighted by molar-refractivity contribution is 7.91. The highest BCUT2D eigenvalue weighted by atomic mass is 32.2. The highest BCUT2D eigenvalue weighted by Gasteiger charge is 2.40. The molecule has 0 aromatic heterocycles. The maximum atomic E-state index is 11.6. The van der Waals surface area contributed by atoms with Gasteiger partial charge >= 0.3 is 5.97 Å². The van der Waals surface area contributed by atoms with E-state index in [0.717, 1.165) is 5.56 Å². The Balaban J connectivity index is 2.54. The summed E-state index contributed by atoms with van der Waals surface area (Å²) in [6.45, 7) is 3.16. The second-order valence-corrected chi connectivity index (χ2v) is 5.48. The van der Waals surface area contributed by atoms with E-state index in [9.17, 15) is 9.35 Å². The van der Waals surface area contributed by atoms with Crippen LogP contribution in [0.15, 0.2) is 30.3 Å². The summed E-state index contributed by atoms with van der Waals surface area (Å²) in [5.74, 6) is -0.558. The minimum absolute atomic E-state index is 0.167. The van der Waals surface area contributed by atoms with Crippen molar-refractivity contribution in [1.82, 2.24) is 0 Å². The average molecular weight is 241 g/mol. The van der Waals surface area contributed by atoms with Gasteiger partial charge < -0.3 is 9.29 Å². The van der Waals surface area contributed by atoms with E-state index in [2.05, 4.69) is 0 Å². The van der Waals surface area contributed by atoms with Crippen LogP contribution in [0.3, 0.4) is 0 Å². The summed E-state index contributed by atoms with van der Waals surface area (Å²) in [5.41, 5.74) is 0.884. The maximum Gasteiger partial charge on any atom is 0.364 e. The zero-order valence-corrected chi connectivity index (χ0v) is 10.1. The molecule has 1 atom stereocenters. The Hall–Kier alpha value is -1.04. The van der Waals surface area contributed by atoms with Gasteiger partial charge in [-0.25, -0.2) is 4.79 Å². The Morgan fingerprint density at radius 3 is 2.50 bits per heavy atom. The van der Waals surface area contributed by atoms with Gasteiger partial charge in [0.25, 0.3) is 0 Å². The summed E-state index contributed by atoms with van der Waals surface area (Å²) >= 11 is -1.74. The van der Waals surface area contributed by atoms with Gasteiger partial charge in [0, 0.05) is 0 Å². The van der Waals surface area contributed by atoms with Gasteiger partial charge in [-0.1, -0.05) is 30.3 Å². The van der Waals surface area contributed by atoms with Crippen molar-refractivity contribution < 1.29 is 14.1 Å². The van der Waals surface area contributed by atoms with Crippen LogP contribution in [0, 0.1) is 0 Å². The fourth-order valence-electron chi connectivity index (χ4n) is 0.979. The second kappa shape index (κ2) is 5.34. The highest BCUT2D eigenvalue weighted by Crippen LogP contribution is 2.16. The van der Waals surface area contributed by atoms with Crippen LogP contribution in [0.25, 0.3) is 0 Å². The van der Waals surface area contributed by atoms with Crippen molar-refractivity contribution in [2.45, 2.75) is 25.2 Å². The molecule has 0 amide bonds. The van der Waals surface area contributed by atoms with Crippen LogP contribution in [-0.4, -0.2) is 15.3 Å². The van der Waals surface area contributed by atoms with Crippen molar-refractivity contribution in [3.8, 4) is 0 Å². The first-order valence-corrected chi connectivity index (χ1v) is 6.03. The largest absolute Gasteiger partial charge is 0.597 e. The third-order valence-electron chi connectivity index (χ3n) is 2.21. The van der Waals surface area contributed by atoms with Crippen LogP contribution in [0.4, 0.5) is 0 Å². The monoisotopic (exact) mass is 241 g/mol. The number of carbonyl (C=O) groups excluding carboxylic acids is 1. The molecular formula is C11H15NO3S. The van der Waals surface area contributed by atoms with Gasteiger partial charge in [0.2, 0.25) is 4.75 Å². The summed E-state index contributed by atoms with van der Waals surface area (Å²) < 4.78 is 15.0. The smallest absolute Gasteiger partial charge is 0.364 e. The van der Waals surface area contributed by atoms with E-state index in [1.165, 1.54) is 13.8 Å². The average Bonchev–Trinajstić information content (AvgIpc) is 2.27. The molecule has 0 saturated heterocycles. The Bertz CT molecular complexity index is 352. The first-order chi connectivity index (χ1) is 7.44. The molecule has 1 aromatic rings. The Kier molecular flexibility index (Phi) is 4.35. The number of nitrogens with two attached hydrogens (primary N) is 1. The van der Waals surface area contributed by atoms with Crippen molar-refractivity contribution in [3.63, 3.8) is 0 Å². The molecule has 0 unspecified atom stereocenters. The number of hydrogen-bond donors (Lipinski definition) is 1. The number of hydrogen-bond acceptors (Lipinski definition) is 4. The van der Waals surface area contributed by atoms with Crippen LogP contribution >= 0.6 is 0 Å². The molecule has 1 aromatic carbocycles. The molecule has 0 aliphatic rings. The Morgan fingerprint density at radius 2 is 2.00 bits per heavy atom. The van der Waals surface area contributed by atoms with E-state index < -0.39 is 22.1 Å². The molecule has 88 valence electrons. The summed E-state index contributed by atoms with van der Waals surface area (Å²) in [4.78, 5) is 11.6. The molecule has 0 bridgehead atoms. The molecule has 16 heavy (non-hydrogen) atoms. The lowest BCUT2D eigenvalue weighted by Crippen LogP contribution is -2.45. The topological polar surface area (TPSA) is 75.4 Å². The Labute approximate surface area is 98.1 Å². The van der Waals surface area contributed by atoms with Crippen LogP contribution in [-0.2, 0) is 27.5 Å². The van der Waals surface area contributed by atoms with E-state index in [0.29, 0.717) is 0 Å². The van der Waals surface area contributed by atoms with Crippen LogP contribution < -0.4 is 5.14 Å². The fraction of sp³-hybridized carbons (Fsp3) is 0.364. The molecule has 4 nitrogen and oxygen atoms in total. The van der Waals surface area contributed by atoms with Crippen molar-refractivity contribution >= 4 is 17.3 Å². The van der Waals surface area contributed by atoms with Gasteiger partial charge in [-0.05, 0) is 19.4 Å². The Morgan fingerprint density at radius 1 is 1.44 bits per heavy atom. The maximum absolute atomic E-state index is 11.6. The van der Waals surface area contributed by atoms with Gasteiger partial charge in [0.05, 0.1) is 11.4 Å². The quantitative estimate of drug-likeness (QED) is 0.633. The van der Waals surface area contributed by atoms with Crippen LogP contribution in [0.5, 0.6) is 0 Å². The van der Waals surface area contributed by atoms with Gasteiger partial charge in [0.15, 0.2) is 0 Å². The first-order valence-electron chi connectivity index (χ1n) is 4.82. The molecule has 5 heteroatoms. The predicted molar refractivity (Wildman–Crippen MR) is 62.6 cm³/mol. The van der Waals surface area contributed by atoms with Crippen molar-refractivity contribution in [3.05, 3.63) is 35.9 Å². The van der Waals surface area contributed by atoms with Crippen LogP contribution in [0.2, 0.25) is 0 Å². The van der Waals surface area contributed by atoms with E-state index in [4.69, 9.17) is 9.88 Å². The summed E-state index contributed by atoms with van der Waals surface area (Å²) in [6, 6.07) is 9.29. The molecule has 0 aliphatic carbocycles. The van der Waals surface area contributed by atoms with E-state index >= 15 is 0 Å². The molecule has 0 fully saturated rings. The molecule has 1 rings (SSSR count). The molecule has 0 spiro atoms. The zero-order chi connectivity index (χ0) is 12.2. The lowest BCUT2D eigenvalue weighted by Gasteiger charge is -2.21. The number of ether oxygens (including phenoxy) is 1. The van der Waals surface area contributed by atoms with Gasteiger partial charge in [-0.2, -0.15) is 5.14 Å². The second-order valence-electron chi connectivity index (χ2n) is 3.87. The SMILES string of the molecule is CC(C)(C(=O)OCc1ccccc1)[S@+](N)[O-]. The summed E-state index contributed by atoms with van der Waals surface area (Å²) in [7, 11) is 0. The number of carbonyl (C=O) groups is 1. The number of esters is 1. The number of rotatable bonds is 4. The molecule has 0 aliphatic heterocycles. The molecule has 0 heterocycles. The minimum Gasteiger partial charge on any atom is -0.597 e. The first kappa shape index (κ1) is 13.0. The van der Waals surface area contributed by atoms with E-state index in [-0.39, 0.29) is 6.61 Å². The predicted octanol–water partition coefficient (Wildman–Crippen LogP) is 1.13. The summed E-state index contributed by atoms with van der Waals surface area (Å²) in [5, 5.41) is 5.21. The molecule has 0 saturated carbocycles. The van der Waals surface area contributed by atoms with Crippen molar-refractivity contribution in [1.29, 1.82) is 0 Å². The molecule has 2 N–H and O–H groups in total. The standard InChI is InChI=1S/C11H15NO3S/c1-11(2,16(12)14)10(13)15-8-9-6-4-3-5-7-9/h3-7H,8,12H2,1-2H3/t16-/m1/s1. The van der Waals surface area contributed by atoms with Crippen LogP contribution in [0.1, 0.15) is 19.4 Å². The third-order valence-corrected chi connectivity index (χ3v) is 3.38. The van der Waals surface area contributed by atoms with Gasteiger partial charge in [0.1, 0.15) is 6.61 Å². The van der Waals surface area contributed by atoms with Gasteiger partial charge in [-0.3, -0.25) is 0 Å². The normalized spacial score (nSPS) is 13.2. The van der Waals surface area contributed by atoms with Crippen molar-refractivity contribution in [2.24, 2.45) is 5.14 Å². The van der Waals surface area contributed by atoms with Gasteiger partial charge in [-0.15, -0.1) is 0 Å². The van der Waals surface area contributed by atoms with Crippen molar-refractivity contribution in [2.75, 3.05) is 0 Å². The van der Waals surface area contributed by atoms with E-state index in [1.807, 2.05) is 30.3 Å². The minimum atomic E-state index is -1.74. The zero-order valence-electron chi connectivity index (χ0n) is 9.30. The lowest BCUT2D eigenvalue weighted by molar-refractivity contribution is -0.147. The van der Waals surface area contributed by atoms with E-state index in [1.54, 1.807) is 0 Å². The molecule has 0 radical (unpaired) electrons.